The van der Waals surface area contributed by atoms with Crippen LogP contribution in [0.1, 0.15) is 65.2 Å². The van der Waals surface area contributed by atoms with E-state index in [1.54, 1.807) is 0 Å². The summed E-state index contributed by atoms with van der Waals surface area (Å²) >= 11 is 0. The quantitative estimate of drug-likeness (QED) is 0.484. The summed E-state index contributed by atoms with van der Waals surface area (Å²) in [6, 6.07) is 0.703. The van der Waals surface area contributed by atoms with Gasteiger partial charge in [-0.15, -0.1) is 0 Å². The van der Waals surface area contributed by atoms with E-state index in [0.717, 1.165) is 19.3 Å². The third-order valence-corrected chi connectivity index (χ3v) is 4.44. The summed E-state index contributed by atoms with van der Waals surface area (Å²) < 4.78 is 9.93. The van der Waals surface area contributed by atoms with Crippen LogP contribution in [-0.4, -0.2) is 49.2 Å². The molecule has 0 aromatic carbocycles. The van der Waals surface area contributed by atoms with Crippen molar-refractivity contribution in [1.82, 2.24) is 4.90 Å². The molecule has 0 unspecified atom stereocenters. The minimum absolute atomic E-state index is 0.156. The molecule has 0 amide bonds. The van der Waals surface area contributed by atoms with E-state index in [2.05, 4.69) is 11.8 Å². The Morgan fingerprint density at radius 3 is 2.55 bits per heavy atom. The van der Waals surface area contributed by atoms with Crippen LogP contribution in [0.2, 0.25) is 0 Å². The highest BCUT2D eigenvalue weighted by Gasteiger charge is 2.31. The minimum Gasteiger partial charge on any atom is -0.469 e. The van der Waals surface area contributed by atoms with Crippen LogP contribution in [0.3, 0.4) is 0 Å². The second kappa shape index (κ2) is 10.6. The maximum absolute atomic E-state index is 11.6. The summed E-state index contributed by atoms with van der Waals surface area (Å²) in [4.78, 5) is 25.0. The first kappa shape index (κ1) is 18.9. The lowest BCUT2D eigenvalue weighted by atomic mass is 9.90. The van der Waals surface area contributed by atoms with Gasteiger partial charge in [-0.2, -0.15) is 0 Å². The number of ether oxygens (including phenoxy) is 2. The number of carbonyl (C=O) groups is 2. The summed E-state index contributed by atoms with van der Waals surface area (Å²) in [7, 11) is 1.44. The number of hydrogen-bond donors (Lipinski definition) is 0. The molecule has 5 nitrogen and oxygen atoms in total. The fourth-order valence-electron chi connectivity index (χ4n) is 3.31. The van der Waals surface area contributed by atoms with Gasteiger partial charge in [0.25, 0.3) is 0 Å². The normalized spacial score (nSPS) is 22.3. The van der Waals surface area contributed by atoms with Crippen LogP contribution in [0.15, 0.2) is 0 Å². The van der Waals surface area contributed by atoms with Crippen molar-refractivity contribution < 1.29 is 19.1 Å². The van der Waals surface area contributed by atoms with Crippen molar-refractivity contribution >= 4 is 11.9 Å². The van der Waals surface area contributed by atoms with Crippen molar-refractivity contribution in [2.75, 3.05) is 20.3 Å². The molecule has 1 rings (SSSR count). The molecular formula is C17H31NO4. The molecule has 1 saturated heterocycles. The Morgan fingerprint density at radius 1 is 1.18 bits per heavy atom. The molecule has 0 aromatic heterocycles. The van der Waals surface area contributed by atoms with Crippen LogP contribution in [0.4, 0.5) is 0 Å². The maximum atomic E-state index is 11.6. The number of unbranched alkanes of at least 4 members (excludes halogenated alkanes) is 2. The molecule has 22 heavy (non-hydrogen) atoms. The van der Waals surface area contributed by atoms with E-state index in [0.29, 0.717) is 25.6 Å². The van der Waals surface area contributed by atoms with E-state index in [1.807, 2.05) is 0 Å². The van der Waals surface area contributed by atoms with E-state index < -0.39 is 0 Å². The number of carbonyl (C=O) groups excluding carboxylic acids is 2. The Labute approximate surface area is 134 Å². The van der Waals surface area contributed by atoms with Crippen LogP contribution < -0.4 is 0 Å². The monoisotopic (exact) mass is 313 g/mol. The first-order valence-electron chi connectivity index (χ1n) is 8.54. The molecule has 2 atom stereocenters. The molecule has 1 heterocycles. The number of esters is 2. The first-order valence-corrected chi connectivity index (χ1v) is 8.54. The van der Waals surface area contributed by atoms with E-state index in [1.165, 1.54) is 39.7 Å². The molecule has 128 valence electrons. The van der Waals surface area contributed by atoms with E-state index in [9.17, 15) is 9.59 Å². The molecule has 1 fully saturated rings. The number of piperidine rings is 1. The van der Waals surface area contributed by atoms with Gasteiger partial charge < -0.3 is 9.47 Å². The molecule has 0 spiro atoms. The fourth-order valence-corrected chi connectivity index (χ4v) is 3.31. The zero-order valence-corrected chi connectivity index (χ0v) is 14.3. The van der Waals surface area contributed by atoms with Crippen LogP contribution in [0.25, 0.3) is 0 Å². The number of hydrogen-bond acceptors (Lipinski definition) is 5. The van der Waals surface area contributed by atoms with Gasteiger partial charge in [0.05, 0.1) is 13.5 Å². The van der Waals surface area contributed by atoms with Gasteiger partial charge in [0, 0.05) is 25.6 Å². The van der Waals surface area contributed by atoms with Crippen LogP contribution in [0.5, 0.6) is 0 Å². The van der Waals surface area contributed by atoms with Gasteiger partial charge in [0.15, 0.2) is 0 Å². The van der Waals surface area contributed by atoms with Gasteiger partial charge in [-0.1, -0.05) is 32.6 Å². The molecule has 0 aromatic rings. The SMILES string of the molecule is CCCCC[C@@H]1CCC[C@@H](CC(=O)OC)N1CCOC(C)=O. The van der Waals surface area contributed by atoms with Crippen molar-refractivity contribution in [3.8, 4) is 0 Å². The predicted molar refractivity (Wildman–Crippen MR) is 85.5 cm³/mol. The van der Waals surface area contributed by atoms with E-state index in [-0.39, 0.29) is 18.0 Å². The molecule has 0 bridgehead atoms. The number of rotatable bonds is 9. The lowest BCUT2D eigenvalue weighted by Gasteiger charge is -2.42. The van der Waals surface area contributed by atoms with Gasteiger partial charge >= 0.3 is 11.9 Å². The van der Waals surface area contributed by atoms with Crippen molar-refractivity contribution in [3.63, 3.8) is 0 Å². The van der Waals surface area contributed by atoms with Gasteiger partial charge in [-0.05, 0) is 19.3 Å². The zero-order valence-electron chi connectivity index (χ0n) is 14.3. The number of likely N-dealkylation sites (tertiary alicyclic amines) is 1. The molecule has 1 aliphatic rings. The highest BCUT2D eigenvalue weighted by atomic mass is 16.5. The lowest BCUT2D eigenvalue weighted by molar-refractivity contribution is -0.145. The molecule has 0 N–H and O–H groups in total. The summed E-state index contributed by atoms with van der Waals surface area (Å²) in [6.45, 7) is 4.75. The largest absolute Gasteiger partial charge is 0.469 e. The van der Waals surface area contributed by atoms with Crippen LogP contribution in [-0.2, 0) is 19.1 Å². The smallest absolute Gasteiger partial charge is 0.307 e. The summed E-state index contributed by atoms with van der Waals surface area (Å²) in [5, 5.41) is 0. The number of methoxy groups -OCH3 is 1. The fraction of sp³-hybridized carbons (Fsp3) is 0.882. The van der Waals surface area contributed by atoms with Crippen LogP contribution >= 0.6 is 0 Å². The van der Waals surface area contributed by atoms with Crippen molar-refractivity contribution in [2.45, 2.75) is 77.3 Å². The average Bonchev–Trinajstić information content (AvgIpc) is 2.49. The van der Waals surface area contributed by atoms with Crippen LogP contribution in [0, 0.1) is 0 Å². The second-order valence-corrected chi connectivity index (χ2v) is 6.09. The predicted octanol–water partition coefficient (Wildman–Crippen LogP) is 2.92. The standard InChI is InChI=1S/C17H31NO4/c1-4-5-6-8-15-9-7-10-16(13-17(20)21-3)18(15)11-12-22-14(2)19/h15-16H,4-13H2,1-3H3/t15-,16+/m1/s1. The topological polar surface area (TPSA) is 55.8 Å². The van der Waals surface area contributed by atoms with E-state index in [4.69, 9.17) is 9.47 Å². The highest BCUT2D eigenvalue weighted by molar-refractivity contribution is 5.70. The van der Waals surface area contributed by atoms with E-state index >= 15 is 0 Å². The molecule has 0 radical (unpaired) electrons. The Bertz CT molecular complexity index is 346. The van der Waals surface area contributed by atoms with Crippen molar-refractivity contribution in [1.29, 1.82) is 0 Å². The summed E-state index contributed by atoms with van der Waals surface area (Å²) in [6.07, 6.45) is 8.60. The molecule has 1 aliphatic heterocycles. The molecule has 5 heteroatoms. The number of nitrogens with zero attached hydrogens (tertiary/aromatic N) is 1. The van der Waals surface area contributed by atoms with Gasteiger partial charge in [-0.3, -0.25) is 14.5 Å². The Hall–Kier alpha value is -1.10. The maximum Gasteiger partial charge on any atom is 0.307 e. The average molecular weight is 313 g/mol. The highest BCUT2D eigenvalue weighted by Crippen LogP contribution is 2.28. The Balaban J connectivity index is 2.61. The Kier molecular flexibility index (Phi) is 9.13. The first-order chi connectivity index (χ1) is 10.6. The summed E-state index contributed by atoms with van der Waals surface area (Å²) in [5.74, 6) is -0.402. The van der Waals surface area contributed by atoms with Gasteiger partial charge in [0.1, 0.15) is 6.61 Å². The van der Waals surface area contributed by atoms with Crippen molar-refractivity contribution in [3.05, 3.63) is 0 Å². The molecule has 0 saturated carbocycles. The molecular weight excluding hydrogens is 282 g/mol. The minimum atomic E-state index is -0.246. The molecule has 0 aliphatic carbocycles. The Morgan fingerprint density at radius 2 is 1.91 bits per heavy atom. The lowest BCUT2D eigenvalue weighted by Crippen LogP contribution is -2.49. The zero-order chi connectivity index (χ0) is 16.4. The summed E-state index contributed by atoms with van der Waals surface area (Å²) in [5.41, 5.74) is 0. The third kappa shape index (κ3) is 6.77. The second-order valence-electron chi connectivity index (χ2n) is 6.09. The third-order valence-electron chi connectivity index (χ3n) is 4.44. The van der Waals surface area contributed by atoms with Crippen molar-refractivity contribution in [2.24, 2.45) is 0 Å². The van der Waals surface area contributed by atoms with Gasteiger partial charge in [0.2, 0.25) is 0 Å². The van der Waals surface area contributed by atoms with Gasteiger partial charge in [-0.25, -0.2) is 0 Å².